The number of carbonyl (C=O) groups excluding carboxylic acids is 1. The summed E-state index contributed by atoms with van der Waals surface area (Å²) in [5.74, 6) is 0.616. The first-order valence-electron chi connectivity index (χ1n) is 10.1. The van der Waals surface area contributed by atoms with Gasteiger partial charge in [-0.05, 0) is 62.4 Å². The fourth-order valence-electron chi connectivity index (χ4n) is 3.24. The van der Waals surface area contributed by atoms with Crippen LogP contribution < -0.4 is 10.1 Å². The Labute approximate surface area is 200 Å². The molecule has 0 aliphatic heterocycles. The largest absolute Gasteiger partial charge is 0.494 e. The van der Waals surface area contributed by atoms with E-state index in [0.717, 1.165) is 27.6 Å². The molecule has 32 heavy (non-hydrogen) atoms. The van der Waals surface area contributed by atoms with Gasteiger partial charge in [0.2, 0.25) is 5.91 Å². The number of anilines is 1. The lowest BCUT2D eigenvalue weighted by atomic mass is 10.2. The van der Waals surface area contributed by atoms with Crippen LogP contribution in [0, 0.1) is 0 Å². The molecule has 1 amide bonds. The summed E-state index contributed by atoms with van der Waals surface area (Å²) in [6.07, 6.45) is 0. The van der Waals surface area contributed by atoms with Crippen molar-refractivity contribution in [1.29, 1.82) is 0 Å². The number of imidazole rings is 1. The number of thioether (sulfide) groups is 1. The Balaban J connectivity index is 1.63. The lowest BCUT2D eigenvalue weighted by Crippen LogP contribution is -2.23. The van der Waals surface area contributed by atoms with Crippen molar-refractivity contribution in [2.75, 3.05) is 11.9 Å². The Bertz CT molecular complexity index is 1260. The third-order valence-electron chi connectivity index (χ3n) is 4.80. The number of hydrogen-bond donors (Lipinski definition) is 1. The lowest BCUT2D eigenvalue weighted by molar-refractivity contribution is -0.115. The van der Waals surface area contributed by atoms with Gasteiger partial charge in [-0.2, -0.15) is 0 Å². The number of nitrogens with zero attached hydrogens (tertiary/aromatic N) is 2. The van der Waals surface area contributed by atoms with Gasteiger partial charge in [-0.15, -0.1) is 0 Å². The zero-order chi connectivity index (χ0) is 22.7. The van der Waals surface area contributed by atoms with Crippen LogP contribution in [0.3, 0.4) is 0 Å². The number of halogens is 2. The number of amides is 1. The van der Waals surface area contributed by atoms with E-state index in [9.17, 15) is 4.79 Å². The summed E-state index contributed by atoms with van der Waals surface area (Å²) in [5.41, 5.74) is 3.24. The molecule has 1 aromatic heterocycles. The maximum absolute atomic E-state index is 12.9. The molecule has 4 aromatic rings. The second-order valence-electron chi connectivity index (χ2n) is 7.00. The number of hydrogen-bond acceptors (Lipinski definition) is 4. The van der Waals surface area contributed by atoms with Crippen molar-refractivity contribution in [3.63, 3.8) is 0 Å². The summed E-state index contributed by atoms with van der Waals surface area (Å²) in [5, 5.41) is 3.86. The Morgan fingerprint density at radius 2 is 1.84 bits per heavy atom. The predicted molar refractivity (Wildman–Crippen MR) is 133 cm³/mol. The summed E-state index contributed by atoms with van der Waals surface area (Å²) in [6.45, 7) is 4.40. The van der Waals surface area contributed by atoms with Crippen LogP contribution in [0.5, 0.6) is 5.75 Å². The number of carbonyl (C=O) groups is 1. The smallest absolute Gasteiger partial charge is 0.237 e. The maximum atomic E-state index is 12.9. The van der Waals surface area contributed by atoms with Gasteiger partial charge in [0.25, 0.3) is 0 Å². The van der Waals surface area contributed by atoms with E-state index in [2.05, 4.69) is 5.32 Å². The number of fused-ring (bicyclic) bond motifs is 1. The molecular weight excluding hydrogens is 465 g/mol. The first kappa shape index (κ1) is 22.5. The number of nitrogens with one attached hydrogen (secondary N) is 1. The average Bonchev–Trinajstić information content (AvgIpc) is 3.15. The third kappa shape index (κ3) is 4.72. The lowest BCUT2D eigenvalue weighted by Gasteiger charge is -2.15. The van der Waals surface area contributed by atoms with E-state index in [-0.39, 0.29) is 5.91 Å². The molecule has 0 fully saturated rings. The van der Waals surface area contributed by atoms with Crippen molar-refractivity contribution in [2.45, 2.75) is 24.3 Å². The Kier molecular flexibility index (Phi) is 6.94. The summed E-state index contributed by atoms with van der Waals surface area (Å²) < 4.78 is 7.61. The molecule has 3 aromatic carbocycles. The molecule has 0 bridgehead atoms. The highest BCUT2D eigenvalue weighted by atomic mass is 35.5. The van der Waals surface area contributed by atoms with E-state index in [4.69, 9.17) is 32.9 Å². The second kappa shape index (κ2) is 9.86. The zero-order valence-electron chi connectivity index (χ0n) is 17.5. The molecule has 1 heterocycles. The minimum atomic E-state index is -0.427. The first-order valence-corrected chi connectivity index (χ1v) is 11.7. The van der Waals surface area contributed by atoms with E-state index < -0.39 is 5.25 Å². The van der Waals surface area contributed by atoms with Crippen molar-refractivity contribution < 1.29 is 9.53 Å². The molecule has 0 saturated heterocycles. The molecule has 5 nitrogen and oxygen atoms in total. The standard InChI is InChI=1S/C24H21Cl2N3O2S/c1-3-31-17-13-11-16(12-14-17)29-21-10-5-4-8-19(21)28-24(29)32-15(2)23(30)27-20-9-6-7-18(25)22(20)26/h4-15H,3H2,1-2H3,(H,27,30). The molecule has 1 N–H and O–H groups in total. The van der Waals surface area contributed by atoms with Gasteiger partial charge in [0.15, 0.2) is 5.16 Å². The molecular formula is C24H21Cl2N3O2S. The first-order chi connectivity index (χ1) is 15.5. The summed E-state index contributed by atoms with van der Waals surface area (Å²) in [4.78, 5) is 17.6. The van der Waals surface area contributed by atoms with Gasteiger partial charge in [0.05, 0.1) is 38.6 Å². The third-order valence-corrected chi connectivity index (χ3v) is 6.67. The Morgan fingerprint density at radius 3 is 2.59 bits per heavy atom. The van der Waals surface area contributed by atoms with E-state index in [1.807, 2.05) is 66.9 Å². The van der Waals surface area contributed by atoms with E-state index >= 15 is 0 Å². The number of rotatable bonds is 7. The molecule has 1 unspecified atom stereocenters. The fourth-order valence-corrected chi connectivity index (χ4v) is 4.53. The molecule has 1 atom stereocenters. The molecule has 0 saturated carbocycles. The van der Waals surface area contributed by atoms with Crippen LogP contribution in [-0.2, 0) is 4.79 Å². The molecule has 0 aliphatic rings. The normalized spacial score (nSPS) is 12.0. The topological polar surface area (TPSA) is 56.1 Å². The molecule has 0 aliphatic carbocycles. The summed E-state index contributed by atoms with van der Waals surface area (Å²) in [6, 6.07) is 20.9. The van der Waals surface area contributed by atoms with Crippen LogP contribution in [0.2, 0.25) is 10.0 Å². The van der Waals surface area contributed by atoms with E-state index in [1.54, 1.807) is 18.2 Å². The van der Waals surface area contributed by atoms with Gasteiger partial charge in [-0.1, -0.05) is 53.2 Å². The van der Waals surface area contributed by atoms with Crippen LogP contribution in [0.4, 0.5) is 5.69 Å². The Hall–Kier alpha value is -2.67. The van der Waals surface area contributed by atoms with Gasteiger partial charge < -0.3 is 10.1 Å². The van der Waals surface area contributed by atoms with Crippen molar-refractivity contribution in [2.24, 2.45) is 0 Å². The number of para-hydroxylation sites is 2. The molecule has 0 spiro atoms. The highest BCUT2D eigenvalue weighted by molar-refractivity contribution is 8.00. The van der Waals surface area contributed by atoms with Crippen LogP contribution in [0.15, 0.2) is 71.9 Å². The fraction of sp³-hybridized carbons (Fsp3) is 0.167. The summed E-state index contributed by atoms with van der Waals surface area (Å²) >= 11 is 13.7. The van der Waals surface area contributed by atoms with E-state index in [0.29, 0.717) is 22.3 Å². The summed E-state index contributed by atoms with van der Waals surface area (Å²) in [7, 11) is 0. The van der Waals surface area contributed by atoms with Gasteiger partial charge in [0.1, 0.15) is 5.75 Å². The Morgan fingerprint density at radius 1 is 1.09 bits per heavy atom. The van der Waals surface area contributed by atoms with Crippen LogP contribution in [0.25, 0.3) is 16.7 Å². The van der Waals surface area contributed by atoms with Crippen molar-refractivity contribution in [3.05, 3.63) is 76.8 Å². The van der Waals surface area contributed by atoms with Crippen molar-refractivity contribution >= 4 is 57.6 Å². The number of aromatic nitrogens is 2. The maximum Gasteiger partial charge on any atom is 0.237 e. The number of benzene rings is 3. The minimum absolute atomic E-state index is 0.190. The molecule has 4 rings (SSSR count). The van der Waals surface area contributed by atoms with Crippen LogP contribution >= 0.6 is 35.0 Å². The SMILES string of the molecule is CCOc1ccc(-n2c(SC(C)C(=O)Nc3cccc(Cl)c3Cl)nc3ccccc32)cc1. The molecule has 8 heteroatoms. The van der Waals surface area contributed by atoms with Crippen LogP contribution in [-0.4, -0.2) is 27.3 Å². The molecule has 164 valence electrons. The van der Waals surface area contributed by atoms with Gasteiger partial charge in [0, 0.05) is 5.69 Å². The molecule has 0 radical (unpaired) electrons. The van der Waals surface area contributed by atoms with Gasteiger partial charge in [-0.25, -0.2) is 4.98 Å². The minimum Gasteiger partial charge on any atom is -0.494 e. The van der Waals surface area contributed by atoms with E-state index in [1.165, 1.54) is 11.8 Å². The van der Waals surface area contributed by atoms with Crippen LogP contribution in [0.1, 0.15) is 13.8 Å². The van der Waals surface area contributed by atoms with Gasteiger partial charge in [-0.3, -0.25) is 9.36 Å². The highest BCUT2D eigenvalue weighted by Crippen LogP contribution is 2.33. The number of ether oxygens (including phenoxy) is 1. The van der Waals surface area contributed by atoms with Crippen molar-refractivity contribution in [1.82, 2.24) is 9.55 Å². The van der Waals surface area contributed by atoms with Crippen molar-refractivity contribution in [3.8, 4) is 11.4 Å². The second-order valence-corrected chi connectivity index (χ2v) is 9.09. The van der Waals surface area contributed by atoms with Gasteiger partial charge >= 0.3 is 0 Å². The zero-order valence-corrected chi connectivity index (χ0v) is 19.8. The quantitative estimate of drug-likeness (QED) is 0.290. The predicted octanol–water partition coefficient (Wildman–Crippen LogP) is 6.85. The average molecular weight is 486 g/mol. The monoisotopic (exact) mass is 485 g/mol. The highest BCUT2D eigenvalue weighted by Gasteiger charge is 2.21.